The lowest BCUT2D eigenvalue weighted by molar-refractivity contribution is -0.154. The Morgan fingerprint density at radius 1 is 1.13 bits per heavy atom. The van der Waals surface area contributed by atoms with Crippen molar-refractivity contribution in [1.82, 2.24) is 10.2 Å². The van der Waals surface area contributed by atoms with Crippen LogP contribution in [-0.4, -0.2) is 47.0 Å². The summed E-state index contributed by atoms with van der Waals surface area (Å²) in [4.78, 5) is 41.2. The summed E-state index contributed by atoms with van der Waals surface area (Å²) in [5.74, 6) is -2.68. The van der Waals surface area contributed by atoms with Gasteiger partial charge in [-0.15, -0.1) is 0 Å². The predicted molar refractivity (Wildman–Crippen MR) is 113 cm³/mol. The quantitative estimate of drug-likeness (QED) is 0.566. The van der Waals surface area contributed by atoms with Crippen LogP contribution in [-0.2, 0) is 25.5 Å². The third kappa shape index (κ3) is 3.20. The molecule has 0 aromatic heterocycles. The molecule has 2 N–H and O–H groups in total. The molecule has 0 saturated carbocycles. The van der Waals surface area contributed by atoms with Crippen LogP contribution < -0.4 is 5.32 Å². The highest BCUT2D eigenvalue weighted by molar-refractivity contribution is 6.09. The summed E-state index contributed by atoms with van der Waals surface area (Å²) in [6.45, 7) is 3.96. The van der Waals surface area contributed by atoms with Gasteiger partial charge < -0.3 is 9.84 Å². The van der Waals surface area contributed by atoms with E-state index in [1.54, 1.807) is 19.1 Å². The number of hydrogen-bond acceptors (Lipinski definition) is 6. The summed E-state index contributed by atoms with van der Waals surface area (Å²) in [5, 5.41) is 13.0. The summed E-state index contributed by atoms with van der Waals surface area (Å²) in [7, 11) is 1.29. The first-order chi connectivity index (χ1) is 14.8. The molecule has 2 amide bonds. The van der Waals surface area contributed by atoms with Crippen LogP contribution >= 0.6 is 0 Å². The SMILES string of the molecule is CCN1C(=O)C2C(c3ccccc3C)NC(Cc3ccc(O)cc3)(C(=O)OC)C2C1=O. The number of carbonyl (C=O) groups is 3. The number of esters is 1. The average molecular weight is 422 g/mol. The fourth-order valence-electron chi connectivity index (χ4n) is 5.12. The molecule has 0 aliphatic carbocycles. The van der Waals surface area contributed by atoms with Gasteiger partial charge in [-0.3, -0.25) is 24.6 Å². The Hall–Kier alpha value is -3.19. The number of imide groups is 1. The number of methoxy groups -OCH3 is 1. The van der Waals surface area contributed by atoms with Gasteiger partial charge in [-0.05, 0) is 42.7 Å². The summed E-state index contributed by atoms with van der Waals surface area (Å²) in [6, 6.07) is 13.6. The number of carbonyl (C=O) groups excluding carboxylic acids is 3. The van der Waals surface area contributed by atoms with Crippen LogP contribution in [0.2, 0.25) is 0 Å². The molecule has 2 aromatic rings. The lowest BCUT2D eigenvalue weighted by Crippen LogP contribution is -2.57. The van der Waals surface area contributed by atoms with E-state index >= 15 is 0 Å². The van der Waals surface area contributed by atoms with E-state index < -0.39 is 29.4 Å². The number of ether oxygens (including phenoxy) is 1. The molecule has 7 nitrogen and oxygen atoms in total. The van der Waals surface area contributed by atoms with E-state index in [4.69, 9.17) is 4.74 Å². The molecular weight excluding hydrogens is 396 g/mol. The van der Waals surface area contributed by atoms with Gasteiger partial charge in [0.05, 0.1) is 18.9 Å². The Morgan fingerprint density at radius 2 is 1.81 bits per heavy atom. The number of aryl methyl sites for hydroxylation is 1. The van der Waals surface area contributed by atoms with Crippen molar-refractivity contribution in [3.8, 4) is 5.75 Å². The van der Waals surface area contributed by atoms with Gasteiger partial charge in [0.25, 0.3) is 0 Å². The molecule has 4 rings (SSSR count). The van der Waals surface area contributed by atoms with Crippen LogP contribution in [0.4, 0.5) is 0 Å². The number of fused-ring (bicyclic) bond motifs is 1. The van der Waals surface area contributed by atoms with Gasteiger partial charge in [0, 0.05) is 19.0 Å². The van der Waals surface area contributed by atoms with Crippen LogP contribution in [0, 0.1) is 18.8 Å². The minimum absolute atomic E-state index is 0.107. The first kappa shape index (κ1) is 21.1. The van der Waals surface area contributed by atoms with E-state index in [1.807, 2.05) is 31.2 Å². The largest absolute Gasteiger partial charge is 0.508 e. The molecule has 2 heterocycles. The first-order valence-corrected chi connectivity index (χ1v) is 10.4. The Labute approximate surface area is 181 Å². The van der Waals surface area contributed by atoms with Crippen molar-refractivity contribution in [1.29, 1.82) is 0 Å². The fraction of sp³-hybridized carbons (Fsp3) is 0.375. The van der Waals surface area contributed by atoms with Crippen molar-refractivity contribution >= 4 is 17.8 Å². The number of rotatable bonds is 5. The number of amides is 2. The second-order valence-corrected chi connectivity index (χ2v) is 8.21. The van der Waals surface area contributed by atoms with Crippen LogP contribution in [0.5, 0.6) is 5.75 Å². The molecule has 162 valence electrons. The minimum Gasteiger partial charge on any atom is -0.508 e. The lowest BCUT2D eigenvalue weighted by Gasteiger charge is -2.32. The smallest absolute Gasteiger partial charge is 0.327 e. The summed E-state index contributed by atoms with van der Waals surface area (Å²) in [5.41, 5.74) is 1.20. The van der Waals surface area contributed by atoms with E-state index in [0.29, 0.717) is 0 Å². The monoisotopic (exact) mass is 422 g/mol. The maximum Gasteiger partial charge on any atom is 0.327 e. The molecule has 2 saturated heterocycles. The Bertz CT molecular complexity index is 1030. The average Bonchev–Trinajstić information content (AvgIpc) is 3.23. The molecular formula is C24H26N2O5. The zero-order valence-corrected chi connectivity index (χ0v) is 17.8. The van der Waals surface area contributed by atoms with Crippen LogP contribution in [0.25, 0.3) is 0 Å². The third-order valence-corrected chi connectivity index (χ3v) is 6.55. The minimum atomic E-state index is -1.40. The standard InChI is InChI=1S/C24H26N2O5/c1-4-26-21(28)18-19(22(26)29)24(23(30)31-3,13-15-9-11-16(27)12-10-15)25-20(18)17-8-6-5-7-14(17)2/h5-12,18-20,25,27H,4,13H2,1-3H3. The van der Waals surface area contributed by atoms with Gasteiger partial charge in [0.2, 0.25) is 11.8 Å². The highest BCUT2D eigenvalue weighted by atomic mass is 16.5. The van der Waals surface area contributed by atoms with Gasteiger partial charge in [-0.25, -0.2) is 0 Å². The molecule has 4 unspecified atom stereocenters. The van der Waals surface area contributed by atoms with E-state index in [2.05, 4.69) is 5.32 Å². The second-order valence-electron chi connectivity index (χ2n) is 8.21. The van der Waals surface area contributed by atoms with Crippen molar-refractivity contribution in [2.24, 2.45) is 11.8 Å². The van der Waals surface area contributed by atoms with Crippen molar-refractivity contribution in [2.75, 3.05) is 13.7 Å². The molecule has 7 heteroatoms. The van der Waals surface area contributed by atoms with Gasteiger partial charge in [-0.2, -0.15) is 0 Å². The van der Waals surface area contributed by atoms with Gasteiger partial charge in [-0.1, -0.05) is 36.4 Å². The lowest BCUT2D eigenvalue weighted by atomic mass is 9.76. The third-order valence-electron chi connectivity index (χ3n) is 6.55. The van der Waals surface area contributed by atoms with Crippen molar-refractivity contribution in [3.63, 3.8) is 0 Å². The van der Waals surface area contributed by atoms with E-state index in [0.717, 1.165) is 16.7 Å². The maximum absolute atomic E-state index is 13.4. The number of hydrogen-bond donors (Lipinski definition) is 2. The Morgan fingerprint density at radius 3 is 2.42 bits per heavy atom. The molecule has 4 atom stereocenters. The van der Waals surface area contributed by atoms with Crippen LogP contribution in [0.15, 0.2) is 48.5 Å². The number of aromatic hydroxyl groups is 1. The summed E-state index contributed by atoms with van der Waals surface area (Å²) >= 11 is 0. The topological polar surface area (TPSA) is 95.9 Å². The van der Waals surface area contributed by atoms with Crippen LogP contribution in [0.3, 0.4) is 0 Å². The maximum atomic E-state index is 13.4. The number of phenolic OH excluding ortho intramolecular Hbond substituents is 1. The van der Waals surface area contributed by atoms with Crippen molar-refractivity contribution in [3.05, 3.63) is 65.2 Å². The summed E-state index contributed by atoms with van der Waals surface area (Å²) in [6.07, 6.45) is 0.153. The fourth-order valence-corrected chi connectivity index (χ4v) is 5.12. The molecule has 31 heavy (non-hydrogen) atoms. The van der Waals surface area contributed by atoms with Crippen molar-refractivity contribution in [2.45, 2.75) is 31.8 Å². The zero-order chi connectivity index (χ0) is 22.3. The highest BCUT2D eigenvalue weighted by Crippen LogP contribution is 2.50. The van der Waals surface area contributed by atoms with E-state index in [1.165, 1.54) is 24.1 Å². The Kier molecular flexibility index (Phi) is 5.31. The van der Waals surface area contributed by atoms with Gasteiger partial charge in [0.1, 0.15) is 11.3 Å². The first-order valence-electron chi connectivity index (χ1n) is 10.4. The van der Waals surface area contributed by atoms with Crippen LogP contribution in [0.1, 0.15) is 29.7 Å². The molecule has 0 bridgehead atoms. The number of phenols is 1. The molecule has 2 aromatic carbocycles. The predicted octanol–water partition coefficient (Wildman–Crippen LogP) is 2.12. The highest BCUT2D eigenvalue weighted by Gasteiger charge is 2.68. The number of likely N-dealkylation sites (tertiary alicyclic amines) is 1. The molecule has 0 spiro atoms. The zero-order valence-electron chi connectivity index (χ0n) is 17.8. The number of nitrogens with one attached hydrogen (secondary N) is 1. The Balaban J connectivity index is 1.88. The van der Waals surface area contributed by atoms with Gasteiger partial charge >= 0.3 is 5.97 Å². The number of nitrogens with zero attached hydrogens (tertiary/aromatic N) is 1. The number of benzene rings is 2. The van der Waals surface area contributed by atoms with Crippen molar-refractivity contribution < 1.29 is 24.2 Å². The molecule has 2 aliphatic rings. The molecule has 0 radical (unpaired) electrons. The molecule has 2 fully saturated rings. The van der Waals surface area contributed by atoms with Gasteiger partial charge in [0.15, 0.2) is 0 Å². The molecule has 2 aliphatic heterocycles. The normalized spacial score (nSPS) is 27.5. The summed E-state index contributed by atoms with van der Waals surface area (Å²) < 4.78 is 5.18. The second kappa shape index (κ2) is 7.81. The van der Waals surface area contributed by atoms with E-state index in [-0.39, 0.29) is 30.5 Å². The van der Waals surface area contributed by atoms with E-state index in [9.17, 15) is 19.5 Å².